The molecule has 0 aliphatic carbocycles. The summed E-state index contributed by atoms with van der Waals surface area (Å²) < 4.78 is 13.5. The van der Waals surface area contributed by atoms with Gasteiger partial charge in [-0.25, -0.2) is 4.39 Å². The average Bonchev–Trinajstić information content (AvgIpc) is 2.84. The number of carboxylic acid groups (broad SMARTS) is 1. The molecule has 1 rings (SSSR count). The van der Waals surface area contributed by atoms with Gasteiger partial charge in [-0.15, -0.1) is 0 Å². The van der Waals surface area contributed by atoms with E-state index in [4.69, 9.17) is 0 Å². The molecule has 7 heteroatoms. The van der Waals surface area contributed by atoms with Crippen LogP contribution in [-0.2, 0) is 11.3 Å². The fraction of sp³-hybridized carbons (Fsp3) is 0.615. The molecule has 20 heavy (non-hydrogen) atoms. The van der Waals surface area contributed by atoms with E-state index in [-0.39, 0.29) is 12.1 Å². The van der Waals surface area contributed by atoms with E-state index in [1.165, 1.54) is 17.1 Å². The van der Waals surface area contributed by atoms with Crippen molar-refractivity contribution >= 4 is 11.9 Å². The lowest BCUT2D eigenvalue weighted by atomic mass is 9.83. The summed E-state index contributed by atoms with van der Waals surface area (Å²) in [5.41, 5.74) is -0.780. The molecule has 1 aromatic rings. The van der Waals surface area contributed by atoms with E-state index in [0.29, 0.717) is 6.42 Å². The van der Waals surface area contributed by atoms with Crippen molar-refractivity contribution in [1.82, 2.24) is 15.1 Å². The number of carbonyl (C=O) groups excluding carboxylic acids is 1. The average molecular weight is 285 g/mol. The predicted molar refractivity (Wildman–Crippen MR) is 71.2 cm³/mol. The van der Waals surface area contributed by atoms with Crippen LogP contribution in [0, 0.1) is 5.41 Å². The van der Waals surface area contributed by atoms with E-state index in [2.05, 4.69) is 10.4 Å². The van der Waals surface area contributed by atoms with Crippen LogP contribution in [0.4, 0.5) is 4.39 Å². The van der Waals surface area contributed by atoms with Crippen LogP contribution in [0.5, 0.6) is 0 Å². The molecule has 1 atom stereocenters. The summed E-state index contributed by atoms with van der Waals surface area (Å²) in [6, 6.07) is -0.503. The van der Waals surface area contributed by atoms with E-state index in [1.54, 1.807) is 13.8 Å². The van der Waals surface area contributed by atoms with Crippen LogP contribution in [0.25, 0.3) is 0 Å². The third kappa shape index (κ3) is 3.55. The first-order chi connectivity index (χ1) is 9.32. The van der Waals surface area contributed by atoms with Crippen molar-refractivity contribution in [2.24, 2.45) is 5.41 Å². The minimum absolute atomic E-state index is 0.0884. The van der Waals surface area contributed by atoms with Crippen LogP contribution >= 0.6 is 0 Å². The van der Waals surface area contributed by atoms with Crippen LogP contribution < -0.4 is 5.32 Å². The smallest absolute Gasteiger partial charge is 0.311 e. The second-order valence-corrected chi connectivity index (χ2v) is 5.14. The van der Waals surface area contributed by atoms with Gasteiger partial charge in [-0.05, 0) is 20.3 Å². The quantitative estimate of drug-likeness (QED) is 0.794. The molecule has 1 aromatic heterocycles. The fourth-order valence-electron chi connectivity index (χ4n) is 1.87. The first-order valence-corrected chi connectivity index (χ1v) is 6.45. The highest BCUT2D eigenvalue weighted by atomic mass is 19.1. The Labute approximate surface area is 117 Å². The Morgan fingerprint density at radius 1 is 1.55 bits per heavy atom. The number of hydrogen-bond donors (Lipinski definition) is 2. The summed E-state index contributed by atoms with van der Waals surface area (Å²) in [6.07, 6.45) is 3.27. The maximum Gasteiger partial charge on any atom is 0.311 e. The van der Waals surface area contributed by atoms with Crippen LogP contribution in [0.1, 0.15) is 37.6 Å². The largest absolute Gasteiger partial charge is 0.481 e. The van der Waals surface area contributed by atoms with Crippen LogP contribution in [0.3, 0.4) is 0 Å². The van der Waals surface area contributed by atoms with Crippen LogP contribution in [0.2, 0.25) is 0 Å². The summed E-state index contributed by atoms with van der Waals surface area (Å²) in [4.78, 5) is 23.3. The fourth-order valence-corrected chi connectivity index (χ4v) is 1.87. The van der Waals surface area contributed by atoms with Crippen molar-refractivity contribution in [1.29, 1.82) is 0 Å². The number of halogens is 1. The van der Waals surface area contributed by atoms with Gasteiger partial charge in [0, 0.05) is 12.2 Å². The molecule has 1 heterocycles. The third-order valence-electron chi connectivity index (χ3n) is 3.34. The number of aryl methyl sites for hydroxylation is 1. The van der Waals surface area contributed by atoms with Gasteiger partial charge >= 0.3 is 5.97 Å². The normalized spacial score (nSPS) is 13.0. The lowest BCUT2D eigenvalue weighted by molar-refractivity contribution is -0.148. The van der Waals surface area contributed by atoms with E-state index >= 15 is 0 Å². The number of carbonyl (C=O) groups is 2. The van der Waals surface area contributed by atoms with Gasteiger partial charge in [0.2, 0.25) is 0 Å². The van der Waals surface area contributed by atoms with E-state index in [0.717, 1.165) is 0 Å². The molecular formula is C13H20FN3O3. The maximum absolute atomic E-state index is 12.2. The standard InChI is InChI=1S/C13H20FN3O3/c1-4-10(13(2,3)12(19)20)16-11(18)9-7-15-17(8-9)6-5-14/h7-8,10H,4-6H2,1-3H3,(H,16,18)(H,19,20). The molecule has 0 spiro atoms. The molecule has 6 nitrogen and oxygen atoms in total. The third-order valence-corrected chi connectivity index (χ3v) is 3.34. The van der Waals surface area contributed by atoms with Crippen molar-refractivity contribution in [2.45, 2.75) is 39.8 Å². The molecule has 1 unspecified atom stereocenters. The zero-order valence-corrected chi connectivity index (χ0v) is 11.9. The number of hydrogen-bond acceptors (Lipinski definition) is 3. The van der Waals surface area contributed by atoms with Gasteiger partial charge in [0.05, 0.1) is 23.7 Å². The van der Waals surface area contributed by atoms with Gasteiger partial charge in [-0.2, -0.15) is 5.10 Å². The van der Waals surface area contributed by atoms with Gasteiger partial charge in [-0.3, -0.25) is 14.3 Å². The maximum atomic E-state index is 12.2. The Balaban J connectivity index is 2.79. The lowest BCUT2D eigenvalue weighted by Crippen LogP contribution is -2.48. The minimum atomic E-state index is -1.07. The Hall–Kier alpha value is -1.92. The molecule has 0 aliphatic heterocycles. The molecule has 0 aliphatic rings. The molecule has 1 amide bonds. The van der Waals surface area contributed by atoms with Gasteiger partial charge in [-0.1, -0.05) is 6.92 Å². The molecule has 2 N–H and O–H groups in total. The number of alkyl halides is 1. The Bertz CT molecular complexity index is 485. The summed E-state index contributed by atoms with van der Waals surface area (Å²) in [5, 5.41) is 15.7. The second-order valence-electron chi connectivity index (χ2n) is 5.14. The molecule has 0 saturated carbocycles. The van der Waals surface area contributed by atoms with Gasteiger partial charge in [0.15, 0.2) is 0 Å². The summed E-state index contributed by atoms with van der Waals surface area (Å²) in [7, 11) is 0. The monoisotopic (exact) mass is 285 g/mol. The van der Waals surface area contributed by atoms with E-state index in [1.807, 2.05) is 6.92 Å². The number of rotatable bonds is 7. The number of nitrogens with zero attached hydrogens (tertiary/aromatic N) is 2. The minimum Gasteiger partial charge on any atom is -0.481 e. The highest BCUT2D eigenvalue weighted by molar-refractivity contribution is 5.94. The lowest BCUT2D eigenvalue weighted by Gasteiger charge is -2.30. The van der Waals surface area contributed by atoms with Crippen LogP contribution in [-0.4, -0.2) is 39.5 Å². The number of nitrogens with one attached hydrogen (secondary N) is 1. The Morgan fingerprint density at radius 2 is 2.20 bits per heavy atom. The SMILES string of the molecule is CCC(NC(=O)c1cnn(CCF)c1)C(C)(C)C(=O)O. The summed E-state index contributed by atoms with van der Waals surface area (Å²) >= 11 is 0. The number of aliphatic carboxylic acids is 1. The molecule has 0 bridgehead atoms. The Kier molecular flexibility index (Phi) is 5.24. The number of amides is 1. The Morgan fingerprint density at radius 3 is 2.70 bits per heavy atom. The topological polar surface area (TPSA) is 84.2 Å². The van der Waals surface area contributed by atoms with E-state index in [9.17, 15) is 19.1 Å². The van der Waals surface area contributed by atoms with Gasteiger partial charge in [0.1, 0.15) is 6.67 Å². The highest BCUT2D eigenvalue weighted by Gasteiger charge is 2.36. The highest BCUT2D eigenvalue weighted by Crippen LogP contribution is 2.23. The molecule has 0 radical (unpaired) electrons. The van der Waals surface area contributed by atoms with Crippen molar-refractivity contribution < 1.29 is 19.1 Å². The first-order valence-electron chi connectivity index (χ1n) is 6.45. The van der Waals surface area contributed by atoms with Crippen molar-refractivity contribution in [2.75, 3.05) is 6.67 Å². The van der Waals surface area contributed by atoms with Crippen LogP contribution in [0.15, 0.2) is 12.4 Å². The molecule has 0 fully saturated rings. The predicted octanol–water partition coefficient (Wildman–Crippen LogP) is 1.47. The second kappa shape index (κ2) is 6.49. The first kappa shape index (κ1) is 16.1. The summed E-state index contributed by atoms with van der Waals surface area (Å²) in [6.45, 7) is 4.46. The molecule has 0 aromatic carbocycles. The molecular weight excluding hydrogens is 265 g/mol. The van der Waals surface area contributed by atoms with E-state index < -0.39 is 30.0 Å². The zero-order chi connectivity index (χ0) is 15.3. The van der Waals surface area contributed by atoms with Crippen molar-refractivity contribution in [3.63, 3.8) is 0 Å². The zero-order valence-electron chi connectivity index (χ0n) is 11.9. The van der Waals surface area contributed by atoms with Crippen molar-refractivity contribution in [3.05, 3.63) is 18.0 Å². The number of carboxylic acids is 1. The van der Waals surface area contributed by atoms with Gasteiger partial charge in [0.25, 0.3) is 5.91 Å². The summed E-state index contributed by atoms with van der Waals surface area (Å²) in [5.74, 6) is -1.38. The molecule has 0 saturated heterocycles. The van der Waals surface area contributed by atoms with Gasteiger partial charge < -0.3 is 10.4 Å². The van der Waals surface area contributed by atoms with Crippen molar-refractivity contribution in [3.8, 4) is 0 Å². The number of aromatic nitrogens is 2. The molecule has 112 valence electrons.